The molecule has 4 unspecified atom stereocenters. The van der Waals surface area contributed by atoms with Crippen LogP contribution in [0.4, 0.5) is 0 Å². The first-order valence-electron chi connectivity index (χ1n) is 12.6. The smallest absolute Gasteiger partial charge is 0.335 e. The van der Waals surface area contributed by atoms with E-state index in [1.165, 1.54) is 0 Å². The molecule has 0 aliphatic heterocycles. The SMILES string of the molecule is CCCCC(C(C)O)C(CCCC)C(O)CC.O=C(O)c1ccccc1.O=C(O)c1ccccc1. The van der Waals surface area contributed by atoms with Gasteiger partial charge in [0.05, 0.1) is 23.3 Å². The summed E-state index contributed by atoms with van der Waals surface area (Å²) in [5.74, 6) is -1.23. The first-order chi connectivity index (χ1) is 16.7. The lowest BCUT2D eigenvalue weighted by Gasteiger charge is -2.33. The van der Waals surface area contributed by atoms with Crippen molar-refractivity contribution in [3.63, 3.8) is 0 Å². The van der Waals surface area contributed by atoms with Crippen LogP contribution < -0.4 is 0 Å². The molecule has 0 bridgehead atoms. The minimum Gasteiger partial charge on any atom is -0.478 e. The predicted octanol–water partition coefficient (Wildman–Crippen LogP) is 6.52. The molecule has 4 N–H and O–H groups in total. The minimum atomic E-state index is -0.879. The third-order valence-corrected chi connectivity index (χ3v) is 5.91. The number of aromatic carboxylic acids is 2. The van der Waals surface area contributed by atoms with E-state index in [9.17, 15) is 19.8 Å². The predicted molar refractivity (Wildman–Crippen MR) is 141 cm³/mol. The summed E-state index contributed by atoms with van der Waals surface area (Å²) >= 11 is 0. The van der Waals surface area contributed by atoms with Crippen molar-refractivity contribution in [3.8, 4) is 0 Å². The minimum absolute atomic E-state index is 0.252. The normalized spacial score (nSPS) is 13.7. The van der Waals surface area contributed by atoms with E-state index < -0.39 is 11.9 Å². The summed E-state index contributed by atoms with van der Waals surface area (Å²) in [6.07, 6.45) is 6.95. The van der Waals surface area contributed by atoms with E-state index in [4.69, 9.17) is 10.2 Å². The van der Waals surface area contributed by atoms with E-state index >= 15 is 0 Å². The molecule has 0 aliphatic carbocycles. The number of carbonyl (C=O) groups is 2. The second-order valence-corrected chi connectivity index (χ2v) is 8.67. The van der Waals surface area contributed by atoms with Crippen LogP contribution in [0.1, 0.15) is 93.4 Å². The van der Waals surface area contributed by atoms with Gasteiger partial charge in [-0.15, -0.1) is 0 Å². The van der Waals surface area contributed by atoms with Crippen LogP contribution >= 0.6 is 0 Å². The number of aliphatic hydroxyl groups is 2. The topological polar surface area (TPSA) is 115 Å². The van der Waals surface area contributed by atoms with Gasteiger partial charge in [0.15, 0.2) is 0 Å². The van der Waals surface area contributed by atoms with Crippen LogP contribution in [0.25, 0.3) is 0 Å². The molecule has 0 amide bonds. The van der Waals surface area contributed by atoms with Crippen molar-refractivity contribution in [2.24, 2.45) is 11.8 Å². The Morgan fingerprint density at radius 3 is 1.31 bits per heavy atom. The lowest BCUT2D eigenvalue weighted by molar-refractivity contribution is 0.00300. The Labute approximate surface area is 210 Å². The van der Waals surface area contributed by atoms with Gasteiger partial charge >= 0.3 is 11.9 Å². The Hall–Kier alpha value is -2.70. The molecule has 6 nitrogen and oxygen atoms in total. The van der Waals surface area contributed by atoms with Gasteiger partial charge in [-0.25, -0.2) is 9.59 Å². The largest absolute Gasteiger partial charge is 0.478 e. The maximum atomic E-state index is 10.2. The van der Waals surface area contributed by atoms with Crippen molar-refractivity contribution >= 4 is 11.9 Å². The molecular formula is C29H44O6. The van der Waals surface area contributed by atoms with Crippen molar-refractivity contribution < 1.29 is 30.0 Å². The molecule has 0 saturated carbocycles. The highest BCUT2D eigenvalue weighted by atomic mass is 16.4. The van der Waals surface area contributed by atoms with Crippen LogP contribution in [-0.4, -0.2) is 44.6 Å². The number of hydrogen-bond donors (Lipinski definition) is 4. The summed E-state index contributed by atoms with van der Waals surface area (Å²) < 4.78 is 0. The second kappa shape index (κ2) is 19.6. The number of unbranched alkanes of at least 4 members (excludes halogenated alkanes) is 2. The number of hydrogen-bond acceptors (Lipinski definition) is 4. The highest BCUT2D eigenvalue weighted by Crippen LogP contribution is 2.30. The van der Waals surface area contributed by atoms with Gasteiger partial charge in [-0.1, -0.05) is 82.9 Å². The van der Waals surface area contributed by atoms with Crippen LogP contribution in [0, 0.1) is 11.8 Å². The number of carboxylic acid groups (broad SMARTS) is 2. The van der Waals surface area contributed by atoms with Crippen LogP contribution in [-0.2, 0) is 0 Å². The molecule has 2 aromatic rings. The molecule has 0 aliphatic rings. The van der Waals surface area contributed by atoms with Gasteiger partial charge in [0.2, 0.25) is 0 Å². The lowest BCUT2D eigenvalue weighted by Crippen LogP contribution is -2.34. The molecule has 4 atom stereocenters. The fourth-order valence-corrected chi connectivity index (χ4v) is 3.85. The summed E-state index contributed by atoms with van der Waals surface area (Å²) in [4.78, 5) is 20.4. The number of carboxylic acids is 2. The lowest BCUT2D eigenvalue weighted by atomic mass is 9.77. The summed E-state index contributed by atoms with van der Waals surface area (Å²) in [5.41, 5.74) is 0.662. The Balaban J connectivity index is 0.000000538. The van der Waals surface area contributed by atoms with Gasteiger partial charge in [0, 0.05) is 0 Å². The standard InChI is InChI=1S/C15H32O2.2C7H6O2/c1-5-8-10-13(12(4)16)14(11-9-6-2)15(17)7-3;2*8-7(9)6-4-2-1-3-5-6/h12-17H,5-11H2,1-4H3;2*1-5H,(H,8,9). The maximum Gasteiger partial charge on any atom is 0.335 e. The zero-order valence-electron chi connectivity index (χ0n) is 21.6. The van der Waals surface area contributed by atoms with E-state index in [2.05, 4.69) is 13.8 Å². The first kappa shape index (κ1) is 32.3. The van der Waals surface area contributed by atoms with Crippen LogP contribution in [0.5, 0.6) is 0 Å². The summed E-state index contributed by atoms with van der Waals surface area (Å²) in [6, 6.07) is 16.6. The monoisotopic (exact) mass is 488 g/mol. The zero-order valence-corrected chi connectivity index (χ0v) is 21.6. The fourth-order valence-electron chi connectivity index (χ4n) is 3.85. The van der Waals surface area contributed by atoms with E-state index in [1.807, 2.05) is 13.8 Å². The first-order valence-corrected chi connectivity index (χ1v) is 12.6. The summed E-state index contributed by atoms with van der Waals surface area (Å²) in [6.45, 7) is 8.26. The van der Waals surface area contributed by atoms with Gasteiger partial charge in [-0.2, -0.15) is 0 Å². The molecule has 6 heteroatoms. The fraction of sp³-hybridized carbons (Fsp3) is 0.517. The maximum absolute atomic E-state index is 10.2. The molecule has 2 aromatic carbocycles. The Morgan fingerprint density at radius 2 is 1.06 bits per heavy atom. The molecule has 2 rings (SSSR count). The van der Waals surface area contributed by atoms with Crippen LogP contribution in [0.2, 0.25) is 0 Å². The van der Waals surface area contributed by atoms with Crippen molar-refractivity contribution in [1.29, 1.82) is 0 Å². The molecule has 0 spiro atoms. The van der Waals surface area contributed by atoms with Crippen LogP contribution in [0.3, 0.4) is 0 Å². The molecule has 0 radical (unpaired) electrons. The van der Waals surface area contributed by atoms with E-state index in [0.29, 0.717) is 11.1 Å². The quantitative estimate of drug-likeness (QED) is 0.270. The van der Waals surface area contributed by atoms with Gasteiger partial charge in [-0.3, -0.25) is 0 Å². The number of benzene rings is 2. The second-order valence-electron chi connectivity index (χ2n) is 8.67. The van der Waals surface area contributed by atoms with Gasteiger partial charge in [-0.05, 0) is 62.3 Å². The molecule has 0 fully saturated rings. The van der Waals surface area contributed by atoms with Crippen molar-refractivity contribution in [1.82, 2.24) is 0 Å². The third kappa shape index (κ3) is 14.3. The highest BCUT2D eigenvalue weighted by molar-refractivity contribution is 5.87. The highest BCUT2D eigenvalue weighted by Gasteiger charge is 2.29. The Morgan fingerprint density at radius 1 is 0.686 bits per heavy atom. The molecular weight excluding hydrogens is 444 g/mol. The van der Waals surface area contributed by atoms with E-state index in [0.717, 1.165) is 44.9 Å². The average molecular weight is 489 g/mol. The number of aliphatic hydroxyl groups excluding tert-OH is 2. The summed E-state index contributed by atoms with van der Waals surface area (Å²) in [7, 11) is 0. The van der Waals surface area contributed by atoms with Gasteiger partial charge < -0.3 is 20.4 Å². The molecule has 0 heterocycles. The van der Waals surface area contributed by atoms with Crippen molar-refractivity contribution in [3.05, 3.63) is 71.8 Å². The van der Waals surface area contributed by atoms with Crippen molar-refractivity contribution in [2.75, 3.05) is 0 Å². The summed E-state index contributed by atoms with van der Waals surface area (Å²) in [5, 5.41) is 36.9. The van der Waals surface area contributed by atoms with Gasteiger partial charge in [0.25, 0.3) is 0 Å². The average Bonchev–Trinajstić information content (AvgIpc) is 2.87. The third-order valence-electron chi connectivity index (χ3n) is 5.91. The molecule has 0 aromatic heterocycles. The Bertz CT molecular complexity index is 742. The molecule has 0 saturated heterocycles. The molecule has 35 heavy (non-hydrogen) atoms. The van der Waals surface area contributed by atoms with E-state index in [-0.39, 0.29) is 24.0 Å². The Kier molecular flexibility index (Phi) is 18.1. The van der Waals surface area contributed by atoms with Crippen LogP contribution in [0.15, 0.2) is 60.7 Å². The van der Waals surface area contributed by atoms with Crippen molar-refractivity contribution in [2.45, 2.75) is 84.8 Å². The van der Waals surface area contributed by atoms with E-state index in [1.54, 1.807) is 60.7 Å². The number of rotatable bonds is 12. The van der Waals surface area contributed by atoms with Gasteiger partial charge in [0.1, 0.15) is 0 Å². The molecule has 196 valence electrons. The zero-order chi connectivity index (χ0) is 26.6.